The van der Waals surface area contributed by atoms with Crippen molar-refractivity contribution in [2.75, 3.05) is 14.2 Å². The summed E-state index contributed by atoms with van der Waals surface area (Å²) in [5.74, 6) is 0.885. The van der Waals surface area contributed by atoms with Gasteiger partial charge in [-0.25, -0.2) is 0 Å². The van der Waals surface area contributed by atoms with Gasteiger partial charge in [0.1, 0.15) is 17.1 Å². The van der Waals surface area contributed by atoms with Gasteiger partial charge in [-0.15, -0.1) is 0 Å². The van der Waals surface area contributed by atoms with Crippen molar-refractivity contribution >= 4 is 15.9 Å². The van der Waals surface area contributed by atoms with Gasteiger partial charge >= 0.3 is 0 Å². The maximum absolute atomic E-state index is 10.5. The van der Waals surface area contributed by atoms with Gasteiger partial charge in [-0.05, 0) is 12.1 Å². The van der Waals surface area contributed by atoms with Crippen molar-refractivity contribution in [3.63, 3.8) is 0 Å². The Kier molecular flexibility index (Phi) is 3.90. The van der Waals surface area contributed by atoms with E-state index >= 15 is 0 Å². The van der Waals surface area contributed by atoms with Gasteiger partial charge in [0.05, 0.1) is 14.2 Å². The molecule has 0 fully saturated rings. The predicted molar refractivity (Wildman–Crippen MR) is 57.9 cm³/mol. The van der Waals surface area contributed by atoms with Crippen molar-refractivity contribution in [2.45, 2.75) is 6.54 Å². The fourth-order valence-corrected chi connectivity index (χ4v) is 1.65. The van der Waals surface area contributed by atoms with E-state index < -0.39 is 4.92 Å². The molecule has 0 radical (unpaired) electrons. The Morgan fingerprint density at radius 1 is 1.33 bits per heavy atom. The number of rotatable bonds is 4. The largest absolute Gasteiger partial charge is 0.496 e. The molecule has 0 aliphatic heterocycles. The highest BCUT2D eigenvalue weighted by molar-refractivity contribution is 9.10. The minimum atomic E-state index is -0.422. The molecule has 0 saturated heterocycles. The molecule has 0 saturated carbocycles. The molecule has 1 rings (SSSR count). The van der Waals surface area contributed by atoms with Crippen LogP contribution in [0.1, 0.15) is 5.56 Å². The van der Waals surface area contributed by atoms with Crippen LogP contribution in [-0.2, 0) is 6.54 Å². The minimum Gasteiger partial charge on any atom is -0.496 e. The lowest BCUT2D eigenvalue weighted by Gasteiger charge is -2.10. The third-order valence-corrected chi connectivity index (χ3v) is 2.32. The number of hydrogen-bond donors (Lipinski definition) is 0. The van der Waals surface area contributed by atoms with E-state index in [1.807, 2.05) is 0 Å². The van der Waals surface area contributed by atoms with Gasteiger partial charge in [-0.3, -0.25) is 10.1 Å². The number of nitrogens with zero attached hydrogens (tertiary/aromatic N) is 1. The van der Waals surface area contributed by atoms with Gasteiger partial charge in [0.15, 0.2) is 0 Å². The molecule has 0 aliphatic carbocycles. The van der Waals surface area contributed by atoms with E-state index in [1.54, 1.807) is 12.1 Å². The van der Waals surface area contributed by atoms with Crippen LogP contribution in [0.4, 0.5) is 0 Å². The summed E-state index contributed by atoms with van der Waals surface area (Å²) >= 11 is 3.27. The molecule has 0 atom stereocenters. The van der Waals surface area contributed by atoms with E-state index in [2.05, 4.69) is 15.9 Å². The molecule has 0 heterocycles. The van der Waals surface area contributed by atoms with Gasteiger partial charge in [-0.1, -0.05) is 15.9 Å². The zero-order valence-corrected chi connectivity index (χ0v) is 9.91. The smallest absolute Gasteiger partial charge is 0.236 e. The number of nitro groups is 1. The summed E-state index contributed by atoms with van der Waals surface area (Å²) in [5.41, 5.74) is 0.438. The molecular formula is C9H10BrNO4. The summed E-state index contributed by atoms with van der Waals surface area (Å²) in [7, 11) is 2.93. The molecule has 0 spiro atoms. The quantitative estimate of drug-likeness (QED) is 0.625. The average molecular weight is 276 g/mol. The summed E-state index contributed by atoms with van der Waals surface area (Å²) in [6, 6.07) is 3.34. The van der Waals surface area contributed by atoms with Gasteiger partial charge in [0.25, 0.3) is 0 Å². The van der Waals surface area contributed by atoms with E-state index in [4.69, 9.17) is 9.47 Å². The van der Waals surface area contributed by atoms with Gasteiger partial charge in [0, 0.05) is 9.40 Å². The number of hydrogen-bond acceptors (Lipinski definition) is 4. The Bertz CT molecular complexity index is 355. The van der Waals surface area contributed by atoms with E-state index in [0.717, 1.165) is 4.47 Å². The van der Waals surface area contributed by atoms with Crippen molar-refractivity contribution in [3.05, 3.63) is 32.3 Å². The first-order chi connectivity index (χ1) is 7.08. The molecule has 1 aromatic carbocycles. The first-order valence-electron chi connectivity index (χ1n) is 4.10. The van der Waals surface area contributed by atoms with Crippen LogP contribution in [0.25, 0.3) is 0 Å². The highest BCUT2D eigenvalue weighted by Crippen LogP contribution is 2.33. The average Bonchev–Trinajstić information content (AvgIpc) is 2.19. The lowest BCUT2D eigenvalue weighted by molar-refractivity contribution is -0.497. The zero-order chi connectivity index (χ0) is 11.4. The number of benzene rings is 1. The maximum Gasteiger partial charge on any atom is 0.236 e. The molecule has 0 unspecified atom stereocenters. The maximum atomic E-state index is 10.5. The zero-order valence-electron chi connectivity index (χ0n) is 8.32. The lowest BCUT2D eigenvalue weighted by Crippen LogP contribution is -2.03. The molecule has 5 nitrogen and oxygen atoms in total. The first kappa shape index (κ1) is 11.8. The second-order valence-corrected chi connectivity index (χ2v) is 3.70. The SMILES string of the molecule is COc1cc(Br)cc(OC)c1C[N+](=O)[O-]. The molecule has 1 aromatic rings. The van der Waals surface area contributed by atoms with Crippen molar-refractivity contribution in [1.82, 2.24) is 0 Å². The summed E-state index contributed by atoms with van der Waals surface area (Å²) in [4.78, 5) is 10.1. The van der Waals surface area contributed by atoms with Crippen LogP contribution < -0.4 is 9.47 Å². The van der Waals surface area contributed by atoms with E-state index in [0.29, 0.717) is 17.1 Å². The van der Waals surface area contributed by atoms with Crippen LogP contribution in [0.3, 0.4) is 0 Å². The highest BCUT2D eigenvalue weighted by atomic mass is 79.9. The summed E-state index contributed by atoms with van der Waals surface area (Å²) < 4.78 is 10.9. The topological polar surface area (TPSA) is 61.6 Å². The highest BCUT2D eigenvalue weighted by Gasteiger charge is 2.16. The van der Waals surface area contributed by atoms with Crippen molar-refractivity contribution in [1.29, 1.82) is 0 Å². The lowest BCUT2D eigenvalue weighted by atomic mass is 10.2. The third kappa shape index (κ3) is 2.82. The molecule has 0 N–H and O–H groups in total. The Labute approximate surface area is 95.3 Å². The molecule has 6 heteroatoms. The standard InChI is InChI=1S/C9H10BrNO4/c1-14-8-3-6(10)4-9(15-2)7(8)5-11(12)13/h3-4H,5H2,1-2H3. The first-order valence-corrected chi connectivity index (χ1v) is 4.90. The van der Waals surface area contributed by atoms with Crippen molar-refractivity contribution < 1.29 is 14.4 Å². The molecule has 15 heavy (non-hydrogen) atoms. The van der Waals surface area contributed by atoms with Crippen LogP contribution in [0.5, 0.6) is 11.5 Å². The van der Waals surface area contributed by atoms with Crippen LogP contribution in [0, 0.1) is 10.1 Å². The molecule has 0 amide bonds. The number of ether oxygens (including phenoxy) is 2. The van der Waals surface area contributed by atoms with Crippen molar-refractivity contribution in [3.8, 4) is 11.5 Å². The van der Waals surface area contributed by atoms with Crippen LogP contribution in [0.15, 0.2) is 16.6 Å². The normalized spacial score (nSPS) is 9.80. The Hall–Kier alpha value is -1.30. The Morgan fingerprint density at radius 3 is 2.13 bits per heavy atom. The summed E-state index contributed by atoms with van der Waals surface area (Å²) in [5, 5.41) is 10.5. The fraction of sp³-hybridized carbons (Fsp3) is 0.333. The molecule has 0 bridgehead atoms. The third-order valence-electron chi connectivity index (χ3n) is 1.86. The van der Waals surface area contributed by atoms with E-state index in [1.165, 1.54) is 14.2 Å². The molecule has 0 aromatic heterocycles. The molecular weight excluding hydrogens is 266 g/mol. The van der Waals surface area contributed by atoms with Crippen LogP contribution >= 0.6 is 15.9 Å². The second kappa shape index (κ2) is 4.97. The number of methoxy groups -OCH3 is 2. The fourth-order valence-electron chi connectivity index (χ4n) is 1.24. The van der Waals surface area contributed by atoms with Gasteiger partial charge in [-0.2, -0.15) is 0 Å². The molecule has 0 aliphatic rings. The Morgan fingerprint density at radius 2 is 1.80 bits per heavy atom. The number of halogens is 1. The summed E-state index contributed by atoms with van der Waals surface area (Å²) in [6.07, 6.45) is 0. The van der Waals surface area contributed by atoms with Gasteiger partial charge in [0.2, 0.25) is 6.54 Å². The summed E-state index contributed by atoms with van der Waals surface area (Å²) in [6.45, 7) is -0.320. The molecule has 82 valence electrons. The second-order valence-electron chi connectivity index (χ2n) is 2.78. The predicted octanol–water partition coefficient (Wildman–Crippen LogP) is 2.24. The van der Waals surface area contributed by atoms with E-state index in [9.17, 15) is 10.1 Å². The Balaban J connectivity index is 3.23. The van der Waals surface area contributed by atoms with Crippen LogP contribution in [0.2, 0.25) is 0 Å². The monoisotopic (exact) mass is 275 g/mol. The van der Waals surface area contributed by atoms with Crippen molar-refractivity contribution in [2.24, 2.45) is 0 Å². The van der Waals surface area contributed by atoms with E-state index in [-0.39, 0.29) is 6.54 Å². The minimum absolute atomic E-state index is 0.320. The van der Waals surface area contributed by atoms with Gasteiger partial charge < -0.3 is 9.47 Å². The van der Waals surface area contributed by atoms with Crippen LogP contribution in [-0.4, -0.2) is 19.1 Å².